The fraction of sp³-hybridized carbons (Fsp3) is 0.278. The zero-order valence-electron chi connectivity index (χ0n) is 13.0. The molecule has 4 heteroatoms. The first kappa shape index (κ1) is 16.2. The molecule has 2 rings (SSSR count). The molecule has 0 fully saturated rings. The number of halogens is 1. The van der Waals surface area contributed by atoms with E-state index in [-0.39, 0.29) is 5.56 Å². The molecule has 2 aromatic carbocycles. The van der Waals surface area contributed by atoms with E-state index in [4.69, 9.17) is 0 Å². The summed E-state index contributed by atoms with van der Waals surface area (Å²) in [6, 6.07) is 13.6. The van der Waals surface area contributed by atoms with Gasteiger partial charge in [-0.15, -0.1) is 0 Å². The van der Waals surface area contributed by atoms with Gasteiger partial charge < -0.3 is 5.32 Å². The third-order valence-electron chi connectivity index (χ3n) is 3.60. The molecule has 0 aromatic heterocycles. The smallest absolute Gasteiger partial charge is 0.258 e. The van der Waals surface area contributed by atoms with Crippen molar-refractivity contribution >= 4 is 11.6 Å². The molecule has 116 valence electrons. The van der Waals surface area contributed by atoms with Crippen LogP contribution in [0.5, 0.6) is 0 Å². The molecular weight excluding hydrogens is 279 g/mol. The van der Waals surface area contributed by atoms with Crippen LogP contribution in [0, 0.1) is 5.82 Å². The van der Waals surface area contributed by atoms with Crippen molar-refractivity contribution in [1.82, 2.24) is 4.90 Å². The second kappa shape index (κ2) is 7.71. The van der Waals surface area contributed by atoms with Crippen LogP contribution in [0.1, 0.15) is 29.8 Å². The first-order chi connectivity index (χ1) is 10.6. The lowest BCUT2D eigenvalue weighted by Crippen LogP contribution is -2.22. The molecule has 0 unspecified atom stereocenters. The molecule has 0 bridgehead atoms. The molecule has 3 nitrogen and oxygen atoms in total. The highest BCUT2D eigenvalue weighted by atomic mass is 19.1. The van der Waals surface area contributed by atoms with Crippen LogP contribution in [0.2, 0.25) is 0 Å². The molecule has 1 N–H and O–H groups in total. The summed E-state index contributed by atoms with van der Waals surface area (Å²) in [6.45, 7) is 7.02. The lowest BCUT2D eigenvalue weighted by atomic mass is 10.1. The average Bonchev–Trinajstić information content (AvgIpc) is 2.53. The molecule has 0 radical (unpaired) electrons. The van der Waals surface area contributed by atoms with Crippen molar-refractivity contribution in [3.05, 3.63) is 65.5 Å². The average molecular weight is 300 g/mol. The van der Waals surface area contributed by atoms with Gasteiger partial charge in [-0.25, -0.2) is 4.39 Å². The molecule has 0 saturated heterocycles. The zero-order valence-corrected chi connectivity index (χ0v) is 13.0. The first-order valence-electron chi connectivity index (χ1n) is 7.51. The number of nitrogens with one attached hydrogen (secondary N) is 1. The SMILES string of the molecule is CCN(CC)Cc1cccc(NC(=O)c2ccccc2F)c1. The van der Waals surface area contributed by atoms with Crippen molar-refractivity contribution in [3.63, 3.8) is 0 Å². The molecule has 0 aliphatic heterocycles. The summed E-state index contributed by atoms with van der Waals surface area (Å²) in [4.78, 5) is 14.4. The monoisotopic (exact) mass is 300 g/mol. The van der Waals surface area contributed by atoms with Gasteiger partial charge in [-0.05, 0) is 42.9 Å². The Morgan fingerprint density at radius 1 is 1.09 bits per heavy atom. The van der Waals surface area contributed by atoms with Crippen LogP contribution < -0.4 is 5.32 Å². The van der Waals surface area contributed by atoms with E-state index < -0.39 is 11.7 Å². The number of carbonyl (C=O) groups is 1. The second-order valence-electron chi connectivity index (χ2n) is 5.10. The summed E-state index contributed by atoms with van der Waals surface area (Å²) in [5, 5.41) is 2.75. The Bertz CT molecular complexity index is 638. The van der Waals surface area contributed by atoms with Gasteiger partial charge in [0.1, 0.15) is 5.82 Å². The minimum absolute atomic E-state index is 0.0524. The van der Waals surface area contributed by atoms with Crippen molar-refractivity contribution in [2.45, 2.75) is 20.4 Å². The van der Waals surface area contributed by atoms with E-state index >= 15 is 0 Å². The van der Waals surface area contributed by atoms with Crippen LogP contribution in [-0.2, 0) is 6.54 Å². The van der Waals surface area contributed by atoms with E-state index in [0.717, 1.165) is 25.2 Å². The molecule has 22 heavy (non-hydrogen) atoms. The van der Waals surface area contributed by atoms with Gasteiger partial charge in [-0.3, -0.25) is 9.69 Å². The predicted octanol–water partition coefficient (Wildman–Crippen LogP) is 3.92. The summed E-state index contributed by atoms with van der Waals surface area (Å²) in [5.41, 5.74) is 1.85. The van der Waals surface area contributed by atoms with Crippen LogP contribution in [0.15, 0.2) is 48.5 Å². The fourth-order valence-electron chi connectivity index (χ4n) is 2.30. The number of benzene rings is 2. The number of hydrogen-bond acceptors (Lipinski definition) is 2. The summed E-state index contributed by atoms with van der Waals surface area (Å²) < 4.78 is 13.6. The van der Waals surface area contributed by atoms with Gasteiger partial charge in [0.25, 0.3) is 5.91 Å². The van der Waals surface area contributed by atoms with E-state index in [1.807, 2.05) is 24.3 Å². The summed E-state index contributed by atoms with van der Waals surface area (Å²) in [7, 11) is 0. The van der Waals surface area contributed by atoms with Crippen LogP contribution in [-0.4, -0.2) is 23.9 Å². The first-order valence-corrected chi connectivity index (χ1v) is 7.51. The number of anilines is 1. The number of rotatable bonds is 6. The van der Waals surface area contributed by atoms with Crippen molar-refractivity contribution in [2.24, 2.45) is 0 Å². The molecule has 0 saturated carbocycles. The maximum atomic E-state index is 13.6. The fourth-order valence-corrected chi connectivity index (χ4v) is 2.30. The summed E-state index contributed by atoms with van der Waals surface area (Å²) >= 11 is 0. The molecule has 0 spiro atoms. The van der Waals surface area contributed by atoms with Gasteiger partial charge in [0, 0.05) is 12.2 Å². The van der Waals surface area contributed by atoms with Crippen molar-refractivity contribution < 1.29 is 9.18 Å². The quantitative estimate of drug-likeness (QED) is 0.877. The highest BCUT2D eigenvalue weighted by Gasteiger charge is 2.11. The van der Waals surface area contributed by atoms with Gasteiger partial charge in [-0.2, -0.15) is 0 Å². The van der Waals surface area contributed by atoms with E-state index in [0.29, 0.717) is 5.69 Å². The lowest BCUT2D eigenvalue weighted by Gasteiger charge is -2.18. The van der Waals surface area contributed by atoms with Gasteiger partial charge in [0.15, 0.2) is 0 Å². The van der Waals surface area contributed by atoms with Crippen molar-refractivity contribution in [1.29, 1.82) is 0 Å². The molecule has 0 aliphatic rings. The third kappa shape index (κ3) is 4.15. The molecule has 0 heterocycles. The molecule has 2 aromatic rings. The molecular formula is C18H21FN2O. The minimum Gasteiger partial charge on any atom is -0.322 e. The van der Waals surface area contributed by atoms with E-state index in [2.05, 4.69) is 24.1 Å². The Morgan fingerprint density at radius 2 is 1.82 bits per heavy atom. The summed E-state index contributed by atoms with van der Waals surface area (Å²) in [5.74, 6) is -0.947. The molecule has 1 amide bonds. The minimum atomic E-state index is -0.515. The number of carbonyl (C=O) groups excluding carboxylic acids is 1. The maximum absolute atomic E-state index is 13.6. The standard InChI is InChI=1S/C18H21FN2O/c1-3-21(4-2)13-14-8-7-9-15(12-14)20-18(22)16-10-5-6-11-17(16)19/h5-12H,3-4,13H2,1-2H3,(H,20,22). The summed E-state index contributed by atoms with van der Waals surface area (Å²) in [6.07, 6.45) is 0. The highest BCUT2D eigenvalue weighted by Crippen LogP contribution is 2.15. The Kier molecular flexibility index (Phi) is 5.67. The topological polar surface area (TPSA) is 32.3 Å². The Balaban J connectivity index is 2.10. The maximum Gasteiger partial charge on any atom is 0.258 e. The van der Waals surface area contributed by atoms with Crippen LogP contribution in [0.25, 0.3) is 0 Å². The normalized spacial score (nSPS) is 10.7. The predicted molar refractivity (Wildman–Crippen MR) is 87.4 cm³/mol. The van der Waals surface area contributed by atoms with Crippen LogP contribution in [0.4, 0.5) is 10.1 Å². The van der Waals surface area contributed by atoms with Crippen molar-refractivity contribution in [2.75, 3.05) is 18.4 Å². The Labute approximate surface area is 130 Å². The van der Waals surface area contributed by atoms with Gasteiger partial charge >= 0.3 is 0 Å². The van der Waals surface area contributed by atoms with Gasteiger partial charge in [0.2, 0.25) is 0 Å². The van der Waals surface area contributed by atoms with Gasteiger partial charge in [-0.1, -0.05) is 38.1 Å². The second-order valence-corrected chi connectivity index (χ2v) is 5.10. The number of amides is 1. The Morgan fingerprint density at radius 3 is 2.50 bits per heavy atom. The molecule has 0 atom stereocenters. The van der Waals surface area contributed by atoms with Gasteiger partial charge in [0.05, 0.1) is 5.56 Å². The van der Waals surface area contributed by atoms with Crippen LogP contribution in [0.3, 0.4) is 0 Å². The van der Waals surface area contributed by atoms with E-state index in [9.17, 15) is 9.18 Å². The van der Waals surface area contributed by atoms with Crippen molar-refractivity contribution in [3.8, 4) is 0 Å². The largest absolute Gasteiger partial charge is 0.322 e. The highest BCUT2D eigenvalue weighted by molar-refractivity contribution is 6.04. The lowest BCUT2D eigenvalue weighted by molar-refractivity contribution is 0.102. The number of hydrogen-bond donors (Lipinski definition) is 1. The Hall–Kier alpha value is -2.20. The van der Waals surface area contributed by atoms with E-state index in [1.165, 1.54) is 12.1 Å². The van der Waals surface area contributed by atoms with E-state index in [1.54, 1.807) is 12.1 Å². The van der Waals surface area contributed by atoms with Crippen LogP contribution >= 0.6 is 0 Å². The number of nitrogens with zero attached hydrogens (tertiary/aromatic N) is 1. The molecule has 0 aliphatic carbocycles. The third-order valence-corrected chi connectivity index (χ3v) is 3.60. The zero-order chi connectivity index (χ0) is 15.9.